The van der Waals surface area contributed by atoms with Crippen molar-refractivity contribution in [2.75, 3.05) is 0 Å². The number of hydrogen-bond donors (Lipinski definition) is 0. The minimum absolute atomic E-state index is 0.259. The molecular weight excluding hydrogens is 604 g/mol. The molecule has 0 bridgehead atoms. The molecule has 0 N–H and O–H groups in total. The highest BCUT2D eigenvalue weighted by molar-refractivity contribution is 9.13. The summed E-state index contributed by atoms with van der Waals surface area (Å²) in [6.07, 6.45) is 5.22. The van der Waals surface area contributed by atoms with Gasteiger partial charge in [-0.05, 0) is 94.1 Å². The van der Waals surface area contributed by atoms with Gasteiger partial charge >= 0.3 is 0 Å². The van der Waals surface area contributed by atoms with Crippen LogP contribution >= 0.6 is 63.7 Å². The SMILES string of the molecule is CCCc1c(Br)c(Br)c2c(c1C(CC)c1c(CCC)c(Br)c(Br)c3c1O3)O2. The third kappa shape index (κ3) is 3.23. The van der Waals surface area contributed by atoms with Gasteiger partial charge in [0.25, 0.3) is 0 Å². The van der Waals surface area contributed by atoms with E-state index in [1.54, 1.807) is 0 Å². The van der Waals surface area contributed by atoms with Gasteiger partial charge < -0.3 is 9.47 Å². The number of halogens is 4. The second-order valence-corrected chi connectivity index (χ2v) is 10.2. The van der Waals surface area contributed by atoms with Crippen molar-refractivity contribution in [3.63, 3.8) is 0 Å². The summed E-state index contributed by atoms with van der Waals surface area (Å²) < 4.78 is 16.2. The zero-order valence-electron chi connectivity index (χ0n) is 15.4. The minimum atomic E-state index is 0.259. The first-order valence-corrected chi connectivity index (χ1v) is 12.6. The smallest absolute Gasteiger partial charge is 0.185 e. The van der Waals surface area contributed by atoms with Crippen molar-refractivity contribution in [2.45, 2.75) is 58.8 Å². The Balaban J connectivity index is 1.95. The Morgan fingerprint density at radius 1 is 0.630 bits per heavy atom. The van der Waals surface area contributed by atoms with E-state index in [0.717, 1.165) is 73.0 Å². The Labute approximate surface area is 193 Å². The topological polar surface area (TPSA) is 25.1 Å². The Morgan fingerprint density at radius 3 is 1.37 bits per heavy atom. The first-order valence-electron chi connectivity index (χ1n) is 9.39. The van der Waals surface area contributed by atoms with Crippen LogP contribution in [-0.4, -0.2) is 0 Å². The van der Waals surface area contributed by atoms with Gasteiger partial charge in [-0.3, -0.25) is 0 Å². The molecule has 0 saturated heterocycles. The summed E-state index contributed by atoms with van der Waals surface area (Å²) >= 11 is 15.0. The highest BCUT2D eigenvalue weighted by Gasteiger charge is 2.42. The molecular formula is C21H20Br4O2. The van der Waals surface area contributed by atoms with Crippen LogP contribution < -0.4 is 9.47 Å². The van der Waals surface area contributed by atoms with E-state index in [1.807, 2.05) is 0 Å². The van der Waals surface area contributed by atoms with Gasteiger partial charge in [-0.2, -0.15) is 0 Å². The maximum atomic E-state index is 5.94. The van der Waals surface area contributed by atoms with Crippen LogP contribution in [0.2, 0.25) is 0 Å². The third-order valence-corrected chi connectivity index (χ3v) is 9.62. The number of fused-ring (bicyclic) bond motifs is 2. The lowest BCUT2D eigenvalue weighted by molar-refractivity contribution is 0.617. The Hall–Kier alpha value is -0.0400. The molecule has 0 aliphatic carbocycles. The van der Waals surface area contributed by atoms with E-state index in [-0.39, 0.29) is 5.92 Å². The zero-order valence-corrected chi connectivity index (χ0v) is 21.8. The highest BCUT2D eigenvalue weighted by atomic mass is 79.9. The van der Waals surface area contributed by atoms with Crippen molar-refractivity contribution in [3.05, 3.63) is 40.1 Å². The maximum absolute atomic E-state index is 5.94. The molecule has 0 radical (unpaired) electrons. The van der Waals surface area contributed by atoms with Crippen LogP contribution in [0.15, 0.2) is 17.9 Å². The quantitative estimate of drug-likeness (QED) is 0.192. The van der Waals surface area contributed by atoms with E-state index in [1.165, 1.54) is 22.3 Å². The molecule has 2 aromatic carbocycles. The Kier molecular flexibility index (Phi) is 5.74. The second-order valence-electron chi connectivity index (χ2n) is 7.02. The molecule has 0 fully saturated rings. The fourth-order valence-corrected chi connectivity index (χ4v) is 6.23. The van der Waals surface area contributed by atoms with Crippen LogP contribution in [0.1, 0.15) is 68.2 Å². The van der Waals surface area contributed by atoms with Crippen LogP contribution in [0.25, 0.3) is 0 Å². The predicted octanol–water partition coefficient (Wildman–Crippen LogP) is 9.39. The lowest BCUT2D eigenvalue weighted by Crippen LogP contribution is -2.07. The lowest BCUT2D eigenvalue weighted by Gasteiger charge is -2.22. The molecule has 4 rings (SSSR count). The molecule has 0 spiro atoms. The lowest BCUT2D eigenvalue weighted by atomic mass is 9.82. The van der Waals surface area contributed by atoms with Crippen molar-refractivity contribution in [3.8, 4) is 23.0 Å². The van der Waals surface area contributed by atoms with Gasteiger partial charge in [0.2, 0.25) is 0 Å². The molecule has 0 aromatic heterocycles. The van der Waals surface area contributed by atoms with Crippen LogP contribution in [0.4, 0.5) is 0 Å². The molecule has 0 atom stereocenters. The number of rotatable bonds is 7. The minimum Gasteiger partial charge on any atom is -0.448 e. The molecule has 2 aliphatic heterocycles. The Morgan fingerprint density at radius 2 is 1.04 bits per heavy atom. The first kappa shape index (κ1) is 20.2. The summed E-state index contributed by atoms with van der Waals surface area (Å²) in [5.74, 6) is 4.32. The summed E-state index contributed by atoms with van der Waals surface area (Å²) in [7, 11) is 0. The van der Waals surface area contributed by atoms with Gasteiger partial charge in [-0.25, -0.2) is 0 Å². The van der Waals surface area contributed by atoms with E-state index in [9.17, 15) is 0 Å². The van der Waals surface area contributed by atoms with Gasteiger partial charge in [0.15, 0.2) is 23.0 Å². The van der Waals surface area contributed by atoms with Crippen LogP contribution in [0.5, 0.6) is 23.0 Å². The van der Waals surface area contributed by atoms with Gasteiger partial charge in [0.05, 0.1) is 8.95 Å². The average molecular weight is 624 g/mol. The first-order chi connectivity index (χ1) is 13.0. The van der Waals surface area contributed by atoms with Crippen molar-refractivity contribution in [2.24, 2.45) is 0 Å². The maximum Gasteiger partial charge on any atom is 0.185 e. The monoisotopic (exact) mass is 620 g/mol. The van der Waals surface area contributed by atoms with Crippen LogP contribution in [0, 0.1) is 0 Å². The van der Waals surface area contributed by atoms with Gasteiger partial charge in [-0.1, -0.05) is 33.6 Å². The van der Waals surface area contributed by atoms with E-state index in [2.05, 4.69) is 84.5 Å². The summed E-state index contributed by atoms with van der Waals surface area (Å²) in [6, 6.07) is 0. The van der Waals surface area contributed by atoms with Crippen LogP contribution in [0.3, 0.4) is 0 Å². The number of ether oxygens (including phenoxy) is 2. The molecule has 2 nitrogen and oxygen atoms in total. The van der Waals surface area contributed by atoms with Gasteiger partial charge in [0.1, 0.15) is 0 Å². The van der Waals surface area contributed by atoms with Crippen LogP contribution in [-0.2, 0) is 12.8 Å². The normalized spacial score (nSPS) is 13.2. The van der Waals surface area contributed by atoms with E-state index < -0.39 is 0 Å². The molecule has 6 heteroatoms. The van der Waals surface area contributed by atoms with Crippen molar-refractivity contribution in [1.29, 1.82) is 0 Å². The van der Waals surface area contributed by atoms with Crippen molar-refractivity contribution >= 4 is 63.7 Å². The Bertz CT molecular complexity index is 877. The standard InChI is InChI=1S/C21H20Br4O2/c1-4-7-10-12(18-20(26-18)16(24)14(10)22)9(6-3)13-11(8-5-2)15(23)17(25)21-19(13)27-21/h9H,4-8H2,1-3H3. The van der Waals surface area contributed by atoms with Gasteiger partial charge in [-0.15, -0.1) is 0 Å². The molecule has 144 valence electrons. The molecule has 27 heavy (non-hydrogen) atoms. The summed E-state index contributed by atoms with van der Waals surface area (Å²) in [6.45, 7) is 6.70. The molecule has 2 aliphatic rings. The van der Waals surface area contributed by atoms with Gasteiger partial charge in [0, 0.05) is 26.0 Å². The second kappa shape index (κ2) is 7.66. The summed E-state index contributed by atoms with van der Waals surface area (Å²) in [4.78, 5) is 0. The zero-order chi connectivity index (χ0) is 19.5. The number of benzene rings is 2. The molecule has 2 aromatic rings. The predicted molar refractivity (Wildman–Crippen MR) is 124 cm³/mol. The average Bonchev–Trinajstić information content (AvgIpc) is 3.55. The number of hydrogen-bond acceptors (Lipinski definition) is 2. The fourth-order valence-electron chi connectivity index (χ4n) is 4.05. The van der Waals surface area contributed by atoms with Crippen molar-refractivity contribution < 1.29 is 9.47 Å². The van der Waals surface area contributed by atoms with E-state index in [0.29, 0.717) is 0 Å². The van der Waals surface area contributed by atoms with Crippen molar-refractivity contribution in [1.82, 2.24) is 0 Å². The van der Waals surface area contributed by atoms with E-state index >= 15 is 0 Å². The largest absolute Gasteiger partial charge is 0.448 e. The third-order valence-electron chi connectivity index (χ3n) is 5.30. The fraction of sp³-hybridized carbons (Fsp3) is 0.429. The molecule has 0 saturated carbocycles. The molecule has 0 amide bonds. The summed E-state index contributed by atoms with van der Waals surface area (Å²) in [5, 5.41) is 0. The van der Waals surface area contributed by atoms with E-state index in [4.69, 9.17) is 9.47 Å². The molecule has 0 unspecified atom stereocenters. The summed E-state index contributed by atoms with van der Waals surface area (Å²) in [5.41, 5.74) is 5.36. The molecule has 2 heterocycles. The highest BCUT2D eigenvalue weighted by Crippen LogP contribution is 2.65.